The van der Waals surface area contributed by atoms with E-state index in [1.807, 2.05) is 6.07 Å². The number of fused-ring (bicyclic) bond motifs is 1. The zero-order valence-corrected chi connectivity index (χ0v) is 13.1. The van der Waals surface area contributed by atoms with Gasteiger partial charge in [-0.1, -0.05) is 23.7 Å². The molecule has 2 aromatic rings. The maximum absolute atomic E-state index is 13.0. The van der Waals surface area contributed by atoms with Crippen molar-refractivity contribution in [2.75, 3.05) is 0 Å². The van der Waals surface area contributed by atoms with E-state index < -0.39 is 11.9 Å². The molecule has 0 saturated carbocycles. The molecule has 1 aliphatic rings. The van der Waals surface area contributed by atoms with Crippen LogP contribution in [0.25, 0.3) is 0 Å². The van der Waals surface area contributed by atoms with Crippen LogP contribution in [0.1, 0.15) is 41.7 Å². The molecule has 1 heterocycles. The van der Waals surface area contributed by atoms with Crippen molar-refractivity contribution in [3.05, 3.63) is 64.2 Å². The Morgan fingerprint density at radius 2 is 2.22 bits per heavy atom. The number of amides is 1. The van der Waals surface area contributed by atoms with E-state index in [0.29, 0.717) is 24.1 Å². The molecule has 6 heteroatoms. The molecule has 0 saturated heterocycles. The Hall–Kier alpha value is -1.98. The minimum absolute atomic E-state index is 0.147. The van der Waals surface area contributed by atoms with Gasteiger partial charge in [0.25, 0.3) is 0 Å². The SMILES string of the molecule is O=C(NCc1ccc(F)cc1Cl)C1CCC(O)c2ncccc21. The van der Waals surface area contributed by atoms with Crippen LogP contribution in [-0.2, 0) is 11.3 Å². The lowest BCUT2D eigenvalue weighted by atomic mass is 9.83. The van der Waals surface area contributed by atoms with Crippen LogP contribution >= 0.6 is 11.6 Å². The third-order valence-corrected chi connectivity index (χ3v) is 4.43. The fraction of sp³-hybridized carbons (Fsp3) is 0.294. The molecule has 3 rings (SSSR count). The van der Waals surface area contributed by atoms with Crippen molar-refractivity contribution in [1.82, 2.24) is 10.3 Å². The molecule has 0 fully saturated rings. The summed E-state index contributed by atoms with van der Waals surface area (Å²) in [6.07, 6.45) is 2.05. The average molecular weight is 335 g/mol. The number of aliphatic hydroxyl groups excluding tert-OH is 1. The molecule has 0 aliphatic heterocycles. The summed E-state index contributed by atoms with van der Waals surface area (Å²) in [5, 5.41) is 13.1. The molecule has 0 spiro atoms. The second kappa shape index (κ2) is 6.64. The van der Waals surface area contributed by atoms with Crippen LogP contribution in [0.15, 0.2) is 36.5 Å². The van der Waals surface area contributed by atoms with Crippen molar-refractivity contribution in [1.29, 1.82) is 0 Å². The number of carbonyl (C=O) groups is 1. The molecule has 1 aromatic heterocycles. The van der Waals surface area contributed by atoms with Crippen molar-refractivity contribution in [3.8, 4) is 0 Å². The number of hydrogen-bond donors (Lipinski definition) is 2. The van der Waals surface area contributed by atoms with Gasteiger partial charge in [-0.3, -0.25) is 9.78 Å². The lowest BCUT2D eigenvalue weighted by molar-refractivity contribution is -0.123. The van der Waals surface area contributed by atoms with Crippen molar-refractivity contribution >= 4 is 17.5 Å². The monoisotopic (exact) mass is 334 g/mol. The summed E-state index contributed by atoms with van der Waals surface area (Å²) in [6, 6.07) is 7.66. The first-order chi connectivity index (χ1) is 11.1. The van der Waals surface area contributed by atoms with Crippen molar-refractivity contribution < 1.29 is 14.3 Å². The summed E-state index contributed by atoms with van der Waals surface area (Å²) in [5.74, 6) is -0.904. The topological polar surface area (TPSA) is 62.2 Å². The van der Waals surface area contributed by atoms with E-state index in [9.17, 15) is 14.3 Å². The van der Waals surface area contributed by atoms with Gasteiger partial charge in [-0.15, -0.1) is 0 Å². The maximum Gasteiger partial charge on any atom is 0.227 e. The van der Waals surface area contributed by atoms with Gasteiger partial charge in [0.1, 0.15) is 5.82 Å². The summed E-state index contributed by atoms with van der Waals surface area (Å²) in [5.41, 5.74) is 1.98. The zero-order chi connectivity index (χ0) is 16.4. The normalized spacial score (nSPS) is 20.0. The van der Waals surface area contributed by atoms with E-state index in [0.717, 1.165) is 5.56 Å². The summed E-state index contributed by atoms with van der Waals surface area (Å²) < 4.78 is 13.0. The van der Waals surface area contributed by atoms with E-state index in [4.69, 9.17) is 11.6 Å². The largest absolute Gasteiger partial charge is 0.387 e. The van der Waals surface area contributed by atoms with Gasteiger partial charge in [-0.25, -0.2) is 4.39 Å². The zero-order valence-electron chi connectivity index (χ0n) is 12.3. The molecular formula is C17H16ClFN2O2. The summed E-state index contributed by atoms with van der Waals surface area (Å²) in [7, 11) is 0. The average Bonchev–Trinajstić information content (AvgIpc) is 2.54. The van der Waals surface area contributed by atoms with Crippen LogP contribution in [0.3, 0.4) is 0 Å². The van der Waals surface area contributed by atoms with Crippen LogP contribution in [0.2, 0.25) is 5.02 Å². The number of nitrogens with one attached hydrogen (secondary N) is 1. The third kappa shape index (κ3) is 3.35. The number of halogens is 2. The Kier molecular flexibility index (Phi) is 4.59. The van der Waals surface area contributed by atoms with Gasteiger partial charge in [0.2, 0.25) is 5.91 Å². The minimum Gasteiger partial charge on any atom is -0.387 e. The number of aliphatic hydroxyl groups is 1. The first-order valence-electron chi connectivity index (χ1n) is 7.41. The lowest BCUT2D eigenvalue weighted by Gasteiger charge is -2.27. The van der Waals surface area contributed by atoms with Crippen molar-refractivity contribution in [2.24, 2.45) is 0 Å². The Labute approximate surface area is 138 Å². The number of carbonyl (C=O) groups excluding carboxylic acids is 1. The Balaban J connectivity index is 1.73. The molecule has 0 bridgehead atoms. The van der Waals surface area contributed by atoms with Gasteiger partial charge in [0, 0.05) is 17.8 Å². The van der Waals surface area contributed by atoms with Gasteiger partial charge >= 0.3 is 0 Å². The highest BCUT2D eigenvalue weighted by atomic mass is 35.5. The first-order valence-corrected chi connectivity index (χ1v) is 7.78. The molecule has 4 nitrogen and oxygen atoms in total. The maximum atomic E-state index is 13.0. The highest BCUT2D eigenvalue weighted by molar-refractivity contribution is 6.31. The van der Waals surface area contributed by atoms with Crippen LogP contribution in [0.4, 0.5) is 4.39 Å². The van der Waals surface area contributed by atoms with Crippen LogP contribution in [-0.4, -0.2) is 16.0 Å². The smallest absolute Gasteiger partial charge is 0.227 e. The number of aromatic nitrogens is 1. The molecule has 2 N–H and O–H groups in total. The fourth-order valence-corrected chi connectivity index (χ4v) is 3.10. The molecule has 120 valence electrons. The summed E-state index contributed by atoms with van der Waals surface area (Å²) in [6.45, 7) is 0.229. The van der Waals surface area contributed by atoms with Crippen LogP contribution in [0, 0.1) is 5.82 Å². The number of benzene rings is 1. The van der Waals surface area contributed by atoms with E-state index >= 15 is 0 Å². The fourth-order valence-electron chi connectivity index (χ4n) is 2.86. The standard InChI is InChI=1S/C17H16ClFN2O2/c18-14-8-11(19)4-3-10(14)9-21-17(23)13-5-6-15(22)16-12(13)2-1-7-20-16/h1-4,7-8,13,15,22H,5-6,9H2,(H,21,23). The first kappa shape index (κ1) is 15.9. The predicted octanol–water partition coefficient (Wildman–Crippen LogP) is 3.10. The molecule has 2 unspecified atom stereocenters. The number of hydrogen-bond acceptors (Lipinski definition) is 3. The molecular weight excluding hydrogens is 319 g/mol. The van der Waals surface area contributed by atoms with E-state index in [-0.39, 0.29) is 23.4 Å². The quantitative estimate of drug-likeness (QED) is 0.906. The summed E-state index contributed by atoms with van der Waals surface area (Å²) in [4.78, 5) is 16.7. The second-order valence-electron chi connectivity index (χ2n) is 5.58. The van der Waals surface area contributed by atoms with E-state index in [2.05, 4.69) is 10.3 Å². The van der Waals surface area contributed by atoms with Gasteiger partial charge < -0.3 is 10.4 Å². The molecule has 1 amide bonds. The molecule has 0 radical (unpaired) electrons. The van der Waals surface area contributed by atoms with Crippen molar-refractivity contribution in [3.63, 3.8) is 0 Å². The van der Waals surface area contributed by atoms with Gasteiger partial charge in [-0.2, -0.15) is 0 Å². The highest BCUT2D eigenvalue weighted by Gasteiger charge is 2.31. The van der Waals surface area contributed by atoms with E-state index in [1.165, 1.54) is 12.1 Å². The van der Waals surface area contributed by atoms with Crippen molar-refractivity contribution in [2.45, 2.75) is 31.4 Å². The third-order valence-electron chi connectivity index (χ3n) is 4.08. The van der Waals surface area contributed by atoms with Crippen LogP contribution < -0.4 is 5.32 Å². The second-order valence-corrected chi connectivity index (χ2v) is 5.98. The predicted molar refractivity (Wildman–Crippen MR) is 84.4 cm³/mol. The number of pyridine rings is 1. The van der Waals surface area contributed by atoms with Gasteiger partial charge in [0.15, 0.2) is 0 Å². The Bertz CT molecular complexity index is 738. The van der Waals surface area contributed by atoms with E-state index in [1.54, 1.807) is 18.3 Å². The Morgan fingerprint density at radius 3 is 3.00 bits per heavy atom. The molecule has 1 aromatic carbocycles. The molecule has 23 heavy (non-hydrogen) atoms. The molecule has 2 atom stereocenters. The number of rotatable bonds is 3. The number of nitrogens with zero attached hydrogens (tertiary/aromatic N) is 1. The lowest BCUT2D eigenvalue weighted by Crippen LogP contribution is -2.32. The minimum atomic E-state index is -0.623. The highest BCUT2D eigenvalue weighted by Crippen LogP contribution is 2.36. The van der Waals surface area contributed by atoms with Gasteiger partial charge in [0.05, 0.1) is 17.7 Å². The Morgan fingerprint density at radius 1 is 1.39 bits per heavy atom. The molecule has 1 aliphatic carbocycles. The van der Waals surface area contributed by atoms with Crippen LogP contribution in [0.5, 0.6) is 0 Å². The summed E-state index contributed by atoms with van der Waals surface area (Å²) >= 11 is 5.96. The van der Waals surface area contributed by atoms with Gasteiger partial charge in [-0.05, 0) is 42.2 Å².